The van der Waals surface area contributed by atoms with Crippen LogP contribution in [0.2, 0.25) is 5.02 Å². The molecule has 0 bridgehead atoms. The molecule has 6 nitrogen and oxygen atoms in total. The average Bonchev–Trinajstić information content (AvgIpc) is 2.56. The number of nitrogens with one attached hydrogen (secondary N) is 2. The van der Waals surface area contributed by atoms with Crippen molar-refractivity contribution in [1.29, 1.82) is 0 Å². The Morgan fingerprint density at radius 3 is 2.56 bits per heavy atom. The second-order valence-corrected chi connectivity index (χ2v) is 7.12. The first-order valence-electron chi connectivity index (χ1n) is 7.22. The summed E-state index contributed by atoms with van der Waals surface area (Å²) in [7, 11) is -2.34. The number of rotatable bonds is 6. The van der Waals surface area contributed by atoms with Gasteiger partial charge in [-0.25, -0.2) is 17.5 Å². The first-order valence-corrected chi connectivity index (χ1v) is 9.08. The maximum absolute atomic E-state index is 14.0. The zero-order valence-corrected chi connectivity index (χ0v) is 15.0. The van der Waals surface area contributed by atoms with E-state index >= 15 is 0 Å². The maximum Gasteiger partial charge on any atom is 0.258 e. The summed E-state index contributed by atoms with van der Waals surface area (Å²) in [5, 5.41) is 2.65. The first-order chi connectivity index (χ1) is 11.8. The Morgan fingerprint density at radius 2 is 1.96 bits per heavy atom. The lowest BCUT2D eigenvalue weighted by molar-refractivity contribution is 0.102. The Bertz CT molecular complexity index is 903. The molecule has 1 amide bonds. The first kappa shape index (κ1) is 19.2. The van der Waals surface area contributed by atoms with Crippen molar-refractivity contribution in [3.63, 3.8) is 0 Å². The highest BCUT2D eigenvalue weighted by Gasteiger charge is 2.19. The molecule has 2 N–H and O–H groups in total. The molecule has 2 rings (SSSR count). The SMILES string of the molecule is CCNS(=O)(=O)c1ccc(F)c(C(=O)Nc2ccc(OC)cc2Cl)c1. The predicted octanol–water partition coefficient (Wildman–Crippen LogP) is 3.04. The molecule has 0 fully saturated rings. The summed E-state index contributed by atoms with van der Waals surface area (Å²) in [6.45, 7) is 1.78. The fourth-order valence-corrected chi connectivity index (χ4v) is 3.32. The van der Waals surface area contributed by atoms with Crippen molar-refractivity contribution in [3.05, 3.63) is 52.8 Å². The van der Waals surface area contributed by atoms with E-state index in [0.717, 1.165) is 18.2 Å². The number of methoxy groups -OCH3 is 1. The number of ether oxygens (including phenoxy) is 1. The van der Waals surface area contributed by atoms with Gasteiger partial charge >= 0.3 is 0 Å². The highest BCUT2D eigenvalue weighted by atomic mass is 35.5. The van der Waals surface area contributed by atoms with Crippen LogP contribution in [0, 0.1) is 5.82 Å². The van der Waals surface area contributed by atoms with Crippen molar-refractivity contribution >= 4 is 33.2 Å². The lowest BCUT2D eigenvalue weighted by atomic mass is 10.2. The van der Waals surface area contributed by atoms with Crippen LogP contribution in [0.5, 0.6) is 5.75 Å². The number of benzene rings is 2. The van der Waals surface area contributed by atoms with E-state index in [0.29, 0.717) is 5.75 Å². The molecule has 0 aliphatic rings. The molecule has 0 saturated heterocycles. The summed E-state index contributed by atoms with van der Waals surface area (Å²) in [4.78, 5) is 12.1. The van der Waals surface area contributed by atoms with Crippen molar-refractivity contribution in [2.75, 3.05) is 19.0 Å². The van der Waals surface area contributed by atoms with Crippen LogP contribution in [0.4, 0.5) is 10.1 Å². The molecule has 0 saturated carbocycles. The van der Waals surface area contributed by atoms with Crippen LogP contribution in [0.25, 0.3) is 0 Å². The lowest BCUT2D eigenvalue weighted by Gasteiger charge is -2.11. The average molecular weight is 387 g/mol. The minimum absolute atomic E-state index is 0.169. The molecular formula is C16H16ClFN2O4S. The minimum Gasteiger partial charge on any atom is -0.497 e. The quantitative estimate of drug-likeness (QED) is 0.799. The highest BCUT2D eigenvalue weighted by molar-refractivity contribution is 7.89. The van der Waals surface area contributed by atoms with Gasteiger partial charge in [-0.15, -0.1) is 0 Å². The number of amides is 1. The number of halogens is 2. The molecular weight excluding hydrogens is 371 g/mol. The molecule has 25 heavy (non-hydrogen) atoms. The molecule has 134 valence electrons. The van der Waals surface area contributed by atoms with Gasteiger partial charge in [0.1, 0.15) is 11.6 Å². The summed E-state index contributed by atoms with van der Waals surface area (Å²) in [5.74, 6) is -1.18. The maximum atomic E-state index is 14.0. The molecule has 0 heterocycles. The topological polar surface area (TPSA) is 84.5 Å². The molecule has 2 aromatic carbocycles. The van der Waals surface area contributed by atoms with Gasteiger partial charge in [-0.05, 0) is 30.3 Å². The molecule has 0 radical (unpaired) electrons. The largest absolute Gasteiger partial charge is 0.497 e. The molecule has 0 aliphatic heterocycles. The second kappa shape index (κ2) is 7.81. The van der Waals surface area contributed by atoms with Crippen LogP contribution >= 0.6 is 11.6 Å². The van der Waals surface area contributed by atoms with Crippen LogP contribution in [0.15, 0.2) is 41.3 Å². The van der Waals surface area contributed by atoms with Crippen LogP contribution < -0.4 is 14.8 Å². The number of carbonyl (C=O) groups excluding carboxylic acids is 1. The number of anilines is 1. The Labute approximate surface area is 150 Å². The van der Waals surface area contributed by atoms with Crippen molar-refractivity contribution in [1.82, 2.24) is 4.72 Å². The lowest BCUT2D eigenvalue weighted by Crippen LogP contribution is -2.24. The fourth-order valence-electron chi connectivity index (χ4n) is 2.03. The number of carbonyl (C=O) groups is 1. The number of hydrogen-bond acceptors (Lipinski definition) is 4. The van der Waals surface area contributed by atoms with E-state index in [1.807, 2.05) is 0 Å². The van der Waals surface area contributed by atoms with Crippen LogP contribution in [-0.4, -0.2) is 28.0 Å². The van der Waals surface area contributed by atoms with Gasteiger partial charge < -0.3 is 10.1 Å². The van der Waals surface area contributed by atoms with E-state index in [1.165, 1.54) is 19.2 Å². The van der Waals surface area contributed by atoms with Gasteiger partial charge in [0, 0.05) is 12.6 Å². The summed E-state index contributed by atoms with van der Waals surface area (Å²) >= 11 is 6.03. The highest BCUT2D eigenvalue weighted by Crippen LogP contribution is 2.27. The second-order valence-electron chi connectivity index (χ2n) is 4.94. The predicted molar refractivity (Wildman–Crippen MR) is 93.2 cm³/mol. The van der Waals surface area contributed by atoms with Crippen LogP contribution in [0.3, 0.4) is 0 Å². The molecule has 2 aromatic rings. The third kappa shape index (κ3) is 4.47. The Balaban J connectivity index is 2.33. The van der Waals surface area contributed by atoms with Gasteiger partial charge in [0.2, 0.25) is 10.0 Å². The molecule has 0 aliphatic carbocycles. The van der Waals surface area contributed by atoms with Gasteiger partial charge in [-0.1, -0.05) is 18.5 Å². The van der Waals surface area contributed by atoms with E-state index in [-0.39, 0.29) is 22.2 Å². The van der Waals surface area contributed by atoms with E-state index < -0.39 is 27.3 Å². The summed E-state index contributed by atoms with van der Waals surface area (Å²) in [5.41, 5.74) is -0.169. The Morgan fingerprint density at radius 1 is 1.24 bits per heavy atom. The molecule has 0 atom stereocenters. The van der Waals surface area contributed by atoms with Crippen molar-refractivity contribution < 1.29 is 22.3 Å². The number of hydrogen-bond donors (Lipinski definition) is 2. The summed E-state index contributed by atoms with van der Waals surface area (Å²) in [6.07, 6.45) is 0. The van der Waals surface area contributed by atoms with E-state index in [2.05, 4.69) is 10.0 Å². The van der Waals surface area contributed by atoms with Gasteiger partial charge in [0.25, 0.3) is 5.91 Å². The molecule has 0 unspecified atom stereocenters. The van der Waals surface area contributed by atoms with Crippen molar-refractivity contribution in [2.24, 2.45) is 0 Å². The monoisotopic (exact) mass is 386 g/mol. The van der Waals surface area contributed by atoms with Crippen molar-refractivity contribution in [3.8, 4) is 5.75 Å². The summed E-state index contributed by atoms with van der Waals surface area (Å²) in [6, 6.07) is 7.54. The Hall–Kier alpha value is -2.16. The van der Waals surface area contributed by atoms with Gasteiger partial charge in [0.05, 0.1) is 28.3 Å². The van der Waals surface area contributed by atoms with E-state index in [9.17, 15) is 17.6 Å². The summed E-state index contributed by atoms with van der Waals surface area (Å²) < 4.78 is 45.3. The minimum atomic E-state index is -3.81. The zero-order valence-electron chi connectivity index (χ0n) is 13.5. The molecule has 0 spiro atoms. The van der Waals surface area contributed by atoms with E-state index in [1.54, 1.807) is 13.0 Å². The van der Waals surface area contributed by atoms with Gasteiger partial charge in [-0.3, -0.25) is 4.79 Å². The Kier molecular flexibility index (Phi) is 5.99. The number of sulfonamides is 1. The third-order valence-corrected chi connectivity index (χ3v) is 5.11. The van der Waals surface area contributed by atoms with Gasteiger partial charge in [0.15, 0.2) is 0 Å². The molecule has 9 heteroatoms. The third-order valence-electron chi connectivity index (χ3n) is 3.25. The van der Waals surface area contributed by atoms with Crippen LogP contribution in [-0.2, 0) is 10.0 Å². The smallest absolute Gasteiger partial charge is 0.258 e. The zero-order chi connectivity index (χ0) is 18.6. The van der Waals surface area contributed by atoms with E-state index in [4.69, 9.17) is 16.3 Å². The van der Waals surface area contributed by atoms with Crippen molar-refractivity contribution in [2.45, 2.75) is 11.8 Å². The normalized spacial score (nSPS) is 11.2. The van der Waals surface area contributed by atoms with Crippen LogP contribution in [0.1, 0.15) is 17.3 Å². The fraction of sp³-hybridized carbons (Fsp3) is 0.188. The standard InChI is InChI=1S/C16H16ClFN2O4S/c1-3-19-25(22,23)11-5-6-14(18)12(9-11)16(21)20-15-7-4-10(24-2)8-13(15)17/h4-9,19H,3H2,1-2H3,(H,20,21). The molecule has 0 aromatic heterocycles. The van der Waals surface area contributed by atoms with Gasteiger partial charge in [-0.2, -0.15) is 0 Å².